The van der Waals surface area contributed by atoms with Gasteiger partial charge in [0.25, 0.3) is 0 Å². The number of aliphatic imine (C=N–C) groups is 1. The molecule has 1 aromatic heterocycles. The summed E-state index contributed by atoms with van der Waals surface area (Å²) in [6.07, 6.45) is 0. The van der Waals surface area contributed by atoms with Gasteiger partial charge in [0.2, 0.25) is 0 Å². The van der Waals surface area contributed by atoms with Crippen LogP contribution in [0, 0.1) is 19.8 Å². The number of benzene rings is 1. The summed E-state index contributed by atoms with van der Waals surface area (Å²) < 4.78 is 1.92. The SMILES string of the molecule is CCNC(=NCc1c(C)nn(C)c1C)NCC(c1ccccc1)C(C)C.I. The monoisotopic (exact) mass is 483 g/mol. The first-order valence-corrected chi connectivity index (χ1v) is 9.50. The predicted octanol–water partition coefficient (Wildman–Crippen LogP) is 4.15. The van der Waals surface area contributed by atoms with Crippen molar-refractivity contribution in [3.8, 4) is 0 Å². The fourth-order valence-corrected chi connectivity index (χ4v) is 3.19. The van der Waals surface area contributed by atoms with Crippen LogP contribution in [0.2, 0.25) is 0 Å². The van der Waals surface area contributed by atoms with E-state index in [1.807, 2.05) is 18.7 Å². The summed E-state index contributed by atoms with van der Waals surface area (Å²) in [4.78, 5) is 4.78. The number of aryl methyl sites for hydroxylation is 2. The number of nitrogens with one attached hydrogen (secondary N) is 2. The first kappa shape index (κ1) is 23.5. The van der Waals surface area contributed by atoms with Gasteiger partial charge in [-0.1, -0.05) is 44.2 Å². The Hall–Kier alpha value is -1.57. The van der Waals surface area contributed by atoms with Gasteiger partial charge in [0.1, 0.15) is 0 Å². The molecule has 27 heavy (non-hydrogen) atoms. The number of hydrogen-bond acceptors (Lipinski definition) is 2. The third kappa shape index (κ3) is 6.52. The molecule has 150 valence electrons. The molecule has 0 amide bonds. The molecule has 0 aliphatic carbocycles. The van der Waals surface area contributed by atoms with E-state index in [0.717, 1.165) is 24.7 Å². The first-order chi connectivity index (χ1) is 12.4. The largest absolute Gasteiger partial charge is 0.357 e. The molecule has 1 aromatic carbocycles. The van der Waals surface area contributed by atoms with Gasteiger partial charge in [-0.25, -0.2) is 4.99 Å². The fraction of sp³-hybridized carbons (Fsp3) is 0.524. The van der Waals surface area contributed by atoms with E-state index < -0.39 is 0 Å². The van der Waals surface area contributed by atoms with Gasteiger partial charge in [0.15, 0.2) is 5.96 Å². The highest BCUT2D eigenvalue weighted by molar-refractivity contribution is 14.0. The van der Waals surface area contributed by atoms with Crippen molar-refractivity contribution in [3.63, 3.8) is 0 Å². The molecule has 0 saturated carbocycles. The first-order valence-electron chi connectivity index (χ1n) is 9.50. The number of hydrogen-bond donors (Lipinski definition) is 2. The molecule has 0 bridgehead atoms. The molecule has 2 aromatic rings. The van der Waals surface area contributed by atoms with E-state index in [4.69, 9.17) is 4.99 Å². The molecule has 0 spiro atoms. The van der Waals surface area contributed by atoms with Crippen LogP contribution in [0.4, 0.5) is 0 Å². The minimum atomic E-state index is 0. The third-order valence-electron chi connectivity index (χ3n) is 4.92. The number of halogens is 1. The van der Waals surface area contributed by atoms with Crippen LogP contribution in [0.15, 0.2) is 35.3 Å². The van der Waals surface area contributed by atoms with Crippen LogP contribution in [0.3, 0.4) is 0 Å². The number of guanidine groups is 1. The lowest BCUT2D eigenvalue weighted by molar-refractivity contribution is 0.488. The lowest BCUT2D eigenvalue weighted by Gasteiger charge is -2.23. The lowest BCUT2D eigenvalue weighted by Crippen LogP contribution is -2.40. The zero-order valence-electron chi connectivity index (χ0n) is 17.4. The van der Waals surface area contributed by atoms with Crippen LogP contribution >= 0.6 is 24.0 Å². The molecular formula is C21H34IN5. The maximum Gasteiger partial charge on any atom is 0.191 e. The number of rotatable bonds is 7. The number of aromatic nitrogens is 2. The molecule has 0 aliphatic heterocycles. The molecule has 1 heterocycles. The summed E-state index contributed by atoms with van der Waals surface area (Å²) in [6, 6.07) is 10.7. The zero-order chi connectivity index (χ0) is 19.1. The van der Waals surface area contributed by atoms with Crippen molar-refractivity contribution in [1.29, 1.82) is 0 Å². The molecule has 5 nitrogen and oxygen atoms in total. The van der Waals surface area contributed by atoms with E-state index in [0.29, 0.717) is 18.4 Å². The predicted molar refractivity (Wildman–Crippen MR) is 125 cm³/mol. The van der Waals surface area contributed by atoms with E-state index in [-0.39, 0.29) is 24.0 Å². The van der Waals surface area contributed by atoms with Crippen molar-refractivity contribution < 1.29 is 0 Å². The second-order valence-electron chi connectivity index (χ2n) is 7.11. The Labute approximate surface area is 181 Å². The van der Waals surface area contributed by atoms with Crippen LogP contribution in [-0.2, 0) is 13.6 Å². The topological polar surface area (TPSA) is 54.2 Å². The van der Waals surface area contributed by atoms with E-state index in [1.165, 1.54) is 16.8 Å². The third-order valence-corrected chi connectivity index (χ3v) is 4.92. The summed E-state index contributed by atoms with van der Waals surface area (Å²) in [7, 11) is 1.98. The van der Waals surface area contributed by atoms with Crippen LogP contribution in [0.5, 0.6) is 0 Å². The molecule has 0 fully saturated rings. The molecule has 1 atom stereocenters. The van der Waals surface area contributed by atoms with E-state index in [2.05, 4.69) is 73.8 Å². The molecule has 1 unspecified atom stereocenters. The maximum absolute atomic E-state index is 4.78. The minimum Gasteiger partial charge on any atom is -0.357 e. The minimum absolute atomic E-state index is 0. The summed E-state index contributed by atoms with van der Waals surface area (Å²) in [5, 5.41) is 11.4. The fourth-order valence-electron chi connectivity index (χ4n) is 3.19. The van der Waals surface area contributed by atoms with Gasteiger partial charge in [0, 0.05) is 37.3 Å². The molecular weight excluding hydrogens is 449 g/mol. The van der Waals surface area contributed by atoms with Crippen molar-refractivity contribution in [1.82, 2.24) is 20.4 Å². The zero-order valence-corrected chi connectivity index (χ0v) is 19.7. The number of nitrogens with zero attached hydrogens (tertiary/aromatic N) is 3. The Morgan fingerprint density at radius 3 is 2.33 bits per heavy atom. The smallest absolute Gasteiger partial charge is 0.191 e. The summed E-state index contributed by atoms with van der Waals surface area (Å²) in [6.45, 7) is 13.1. The van der Waals surface area contributed by atoms with Crippen molar-refractivity contribution in [3.05, 3.63) is 52.8 Å². The van der Waals surface area contributed by atoms with Gasteiger partial charge in [-0.3, -0.25) is 4.68 Å². The quantitative estimate of drug-likeness (QED) is 0.354. The molecule has 0 radical (unpaired) electrons. The normalized spacial score (nSPS) is 12.6. The second-order valence-corrected chi connectivity index (χ2v) is 7.11. The van der Waals surface area contributed by atoms with E-state index >= 15 is 0 Å². The Morgan fingerprint density at radius 1 is 1.15 bits per heavy atom. The average Bonchev–Trinajstić information content (AvgIpc) is 2.85. The van der Waals surface area contributed by atoms with Gasteiger partial charge in [0.05, 0.1) is 12.2 Å². The van der Waals surface area contributed by atoms with Crippen molar-refractivity contribution in [2.24, 2.45) is 18.0 Å². The van der Waals surface area contributed by atoms with Crippen LogP contribution in [0.1, 0.15) is 49.2 Å². The standard InChI is InChI=1S/C21H33N5.HI/c1-7-22-21(24-14-20-16(4)25-26(6)17(20)5)23-13-19(15(2)3)18-11-9-8-10-12-18;/h8-12,15,19H,7,13-14H2,1-6H3,(H2,22,23,24);1H. The highest BCUT2D eigenvalue weighted by atomic mass is 127. The summed E-state index contributed by atoms with van der Waals surface area (Å²) in [5.74, 6) is 1.86. The van der Waals surface area contributed by atoms with E-state index in [1.54, 1.807) is 0 Å². The molecule has 0 saturated heterocycles. The van der Waals surface area contributed by atoms with Gasteiger partial charge < -0.3 is 10.6 Å². The Balaban J connectivity index is 0.00000364. The molecule has 0 aliphatic rings. The van der Waals surface area contributed by atoms with Gasteiger partial charge in [-0.2, -0.15) is 5.10 Å². The van der Waals surface area contributed by atoms with Crippen LogP contribution in [-0.4, -0.2) is 28.8 Å². The van der Waals surface area contributed by atoms with Crippen molar-refractivity contribution in [2.75, 3.05) is 13.1 Å². The van der Waals surface area contributed by atoms with Crippen molar-refractivity contribution >= 4 is 29.9 Å². The van der Waals surface area contributed by atoms with Crippen LogP contribution < -0.4 is 10.6 Å². The van der Waals surface area contributed by atoms with Gasteiger partial charge in [-0.05, 0) is 32.3 Å². The average molecular weight is 483 g/mol. The van der Waals surface area contributed by atoms with Crippen molar-refractivity contribution in [2.45, 2.75) is 47.1 Å². The Bertz CT molecular complexity index is 722. The second kappa shape index (κ2) is 11.3. The Morgan fingerprint density at radius 2 is 1.81 bits per heavy atom. The highest BCUT2D eigenvalue weighted by Crippen LogP contribution is 2.23. The lowest BCUT2D eigenvalue weighted by atomic mass is 9.88. The molecule has 2 rings (SSSR count). The van der Waals surface area contributed by atoms with Gasteiger partial charge >= 0.3 is 0 Å². The molecule has 2 N–H and O–H groups in total. The summed E-state index contributed by atoms with van der Waals surface area (Å²) in [5.41, 5.74) is 4.79. The van der Waals surface area contributed by atoms with Gasteiger partial charge in [-0.15, -0.1) is 24.0 Å². The molecule has 6 heteroatoms. The highest BCUT2D eigenvalue weighted by Gasteiger charge is 2.16. The summed E-state index contributed by atoms with van der Waals surface area (Å²) >= 11 is 0. The maximum atomic E-state index is 4.78. The van der Waals surface area contributed by atoms with E-state index in [9.17, 15) is 0 Å². The Kier molecular flexibility index (Phi) is 9.83. The van der Waals surface area contributed by atoms with Crippen LogP contribution in [0.25, 0.3) is 0 Å².